The Hall–Kier alpha value is 0.0600. The first-order chi connectivity index (χ1) is 7.31. The Morgan fingerprint density at radius 3 is 2.20 bits per heavy atom. The first-order valence-electron chi connectivity index (χ1n) is 4.94. The number of hydrogen-bond acceptors (Lipinski definition) is 3. The third-order valence-electron chi connectivity index (χ3n) is 1.84. The smallest absolute Gasteiger partial charge is 0.0973 e. The fraction of sp³-hybridized carbons (Fsp3) is 0.778. The van der Waals surface area contributed by atoms with Crippen LogP contribution >= 0.6 is 31.9 Å². The first kappa shape index (κ1) is 13.1. The number of halogens is 2. The molecule has 1 aromatic rings. The third-order valence-corrected chi connectivity index (χ3v) is 2.90. The average Bonchev–Trinajstić information content (AvgIpc) is 2.67. The van der Waals surface area contributed by atoms with Gasteiger partial charge in [-0.2, -0.15) is 15.0 Å². The van der Waals surface area contributed by atoms with Gasteiger partial charge >= 0.3 is 0 Å². The molecule has 6 heteroatoms. The molecule has 0 N–H and O–H groups in total. The second kappa shape index (κ2) is 7.35. The van der Waals surface area contributed by atoms with Gasteiger partial charge in [0.15, 0.2) is 0 Å². The summed E-state index contributed by atoms with van der Waals surface area (Å²) in [5.74, 6) is 0. The zero-order valence-electron chi connectivity index (χ0n) is 8.75. The van der Waals surface area contributed by atoms with Crippen molar-refractivity contribution in [3.05, 3.63) is 11.4 Å². The number of hydrogen-bond donors (Lipinski definition) is 0. The fourth-order valence-electron chi connectivity index (χ4n) is 1.12. The molecule has 0 aliphatic heterocycles. The number of rotatable bonds is 7. The number of alkyl halides is 2. The highest BCUT2D eigenvalue weighted by molar-refractivity contribution is 9.09. The zero-order chi connectivity index (χ0) is 11.1. The van der Waals surface area contributed by atoms with E-state index in [0.717, 1.165) is 35.1 Å². The van der Waals surface area contributed by atoms with E-state index in [-0.39, 0.29) is 0 Å². The second-order valence-electron chi connectivity index (χ2n) is 3.07. The molecule has 0 fully saturated rings. The van der Waals surface area contributed by atoms with Crippen LogP contribution in [0.15, 0.2) is 0 Å². The van der Waals surface area contributed by atoms with E-state index in [1.165, 1.54) is 0 Å². The summed E-state index contributed by atoms with van der Waals surface area (Å²) < 4.78 is 5.38. The topological polar surface area (TPSA) is 39.9 Å². The van der Waals surface area contributed by atoms with Crippen molar-refractivity contribution in [2.45, 2.75) is 30.5 Å². The molecule has 0 radical (unpaired) electrons. The van der Waals surface area contributed by atoms with Gasteiger partial charge in [-0.3, -0.25) is 0 Å². The number of nitrogens with zero attached hydrogens (tertiary/aromatic N) is 3. The molecular formula is C9H15Br2N3O. The molecule has 0 unspecified atom stereocenters. The molecule has 4 nitrogen and oxygen atoms in total. The Morgan fingerprint density at radius 1 is 1.13 bits per heavy atom. The van der Waals surface area contributed by atoms with Crippen molar-refractivity contribution in [2.75, 3.05) is 13.2 Å². The van der Waals surface area contributed by atoms with Crippen molar-refractivity contribution in [2.24, 2.45) is 0 Å². The maximum atomic E-state index is 5.38. The van der Waals surface area contributed by atoms with Gasteiger partial charge in [-0.05, 0) is 6.42 Å². The summed E-state index contributed by atoms with van der Waals surface area (Å²) in [6.07, 6.45) is 1.05. The quantitative estimate of drug-likeness (QED) is 0.565. The summed E-state index contributed by atoms with van der Waals surface area (Å²) in [6.45, 7) is 4.29. The maximum absolute atomic E-state index is 5.38. The molecule has 0 bridgehead atoms. The molecule has 0 aliphatic rings. The summed E-state index contributed by atoms with van der Waals surface area (Å²) >= 11 is 6.78. The van der Waals surface area contributed by atoms with E-state index in [9.17, 15) is 0 Å². The molecule has 0 aliphatic carbocycles. The van der Waals surface area contributed by atoms with Crippen LogP contribution in [0.5, 0.6) is 0 Å². The molecule has 0 saturated heterocycles. The van der Waals surface area contributed by atoms with E-state index >= 15 is 0 Å². The van der Waals surface area contributed by atoms with E-state index in [0.29, 0.717) is 13.2 Å². The van der Waals surface area contributed by atoms with Gasteiger partial charge in [0.05, 0.1) is 24.5 Å². The molecule has 86 valence electrons. The van der Waals surface area contributed by atoms with E-state index in [4.69, 9.17) is 4.74 Å². The van der Waals surface area contributed by atoms with Crippen molar-refractivity contribution in [3.63, 3.8) is 0 Å². The molecule has 1 aromatic heterocycles. The Labute approximate surface area is 107 Å². The molecule has 15 heavy (non-hydrogen) atoms. The van der Waals surface area contributed by atoms with Crippen LogP contribution in [0.25, 0.3) is 0 Å². The van der Waals surface area contributed by atoms with Crippen molar-refractivity contribution in [3.8, 4) is 0 Å². The van der Waals surface area contributed by atoms with Crippen molar-refractivity contribution in [1.29, 1.82) is 0 Å². The van der Waals surface area contributed by atoms with Crippen LogP contribution in [0.3, 0.4) is 0 Å². The lowest BCUT2D eigenvalue weighted by atomic mass is 10.4. The Balaban J connectivity index is 2.43. The minimum atomic E-state index is 0.673. The maximum Gasteiger partial charge on any atom is 0.0973 e. The monoisotopic (exact) mass is 339 g/mol. The molecule has 0 saturated carbocycles. The minimum absolute atomic E-state index is 0.673. The molecular weight excluding hydrogens is 326 g/mol. The molecule has 0 amide bonds. The molecule has 1 rings (SSSR count). The van der Waals surface area contributed by atoms with E-state index in [2.05, 4.69) is 49.0 Å². The molecule has 0 aromatic carbocycles. The fourth-order valence-corrected chi connectivity index (χ4v) is 1.99. The van der Waals surface area contributed by atoms with Gasteiger partial charge < -0.3 is 4.74 Å². The van der Waals surface area contributed by atoms with Gasteiger partial charge in [-0.1, -0.05) is 38.8 Å². The van der Waals surface area contributed by atoms with Crippen LogP contribution in [0.1, 0.15) is 24.7 Å². The highest BCUT2D eigenvalue weighted by Crippen LogP contribution is 2.10. The number of aromatic nitrogens is 3. The lowest BCUT2D eigenvalue weighted by molar-refractivity contribution is 0.121. The zero-order valence-corrected chi connectivity index (χ0v) is 11.9. The highest BCUT2D eigenvalue weighted by atomic mass is 79.9. The average molecular weight is 341 g/mol. The lowest BCUT2D eigenvalue weighted by Crippen LogP contribution is -2.09. The standard InChI is InChI=1S/C9H15Br2N3O/c1-2-4-15-5-3-14-12-8(6-10)9(7-11)13-14/h2-7H2,1H3. The summed E-state index contributed by atoms with van der Waals surface area (Å²) in [5.41, 5.74) is 1.98. The van der Waals surface area contributed by atoms with Crippen molar-refractivity contribution >= 4 is 31.9 Å². The largest absolute Gasteiger partial charge is 0.379 e. The van der Waals surface area contributed by atoms with E-state index in [1.54, 1.807) is 4.80 Å². The third kappa shape index (κ3) is 4.20. The Morgan fingerprint density at radius 2 is 1.73 bits per heavy atom. The minimum Gasteiger partial charge on any atom is -0.379 e. The predicted octanol–water partition coefficient (Wildman–Crippen LogP) is 2.49. The summed E-state index contributed by atoms with van der Waals surface area (Å²) in [7, 11) is 0. The summed E-state index contributed by atoms with van der Waals surface area (Å²) in [5, 5.41) is 10.2. The SMILES string of the molecule is CCCOCCn1nc(CBr)c(CBr)n1. The van der Waals surface area contributed by atoms with Gasteiger partial charge in [0.25, 0.3) is 0 Å². The van der Waals surface area contributed by atoms with Gasteiger partial charge in [-0.25, -0.2) is 0 Å². The van der Waals surface area contributed by atoms with Crippen LogP contribution in [0, 0.1) is 0 Å². The van der Waals surface area contributed by atoms with Crippen LogP contribution in [0.2, 0.25) is 0 Å². The lowest BCUT2D eigenvalue weighted by Gasteiger charge is -2.00. The van der Waals surface area contributed by atoms with Crippen LogP contribution in [0.4, 0.5) is 0 Å². The number of ether oxygens (including phenoxy) is 1. The van der Waals surface area contributed by atoms with Gasteiger partial charge in [0.1, 0.15) is 0 Å². The second-order valence-corrected chi connectivity index (χ2v) is 4.19. The van der Waals surface area contributed by atoms with Crippen molar-refractivity contribution in [1.82, 2.24) is 15.0 Å². The normalized spacial score (nSPS) is 10.9. The van der Waals surface area contributed by atoms with Crippen LogP contribution in [-0.4, -0.2) is 28.2 Å². The Bertz CT molecular complexity index is 269. The predicted molar refractivity (Wildman–Crippen MR) is 66.4 cm³/mol. The Kier molecular flexibility index (Phi) is 6.43. The molecule has 0 atom stereocenters. The van der Waals surface area contributed by atoms with Crippen LogP contribution in [-0.2, 0) is 21.9 Å². The molecule has 1 heterocycles. The van der Waals surface area contributed by atoms with Gasteiger partial charge in [-0.15, -0.1) is 0 Å². The van der Waals surface area contributed by atoms with Gasteiger partial charge in [0.2, 0.25) is 0 Å². The van der Waals surface area contributed by atoms with E-state index < -0.39 is 0 Å². The van der Waals surface area contributed by atoms with Crippen LogP contribution < -0.4 is 0 Å². The summed E-state index contributed by atoms with van der Waals surface area (Å²) in [6, 6.07) is 0. The van der Waals surface area contributed by atoms with Gasteiger partial charge in [0, 0.05) is 17.3 Å². The first-order valence-corrected chi connectivity index (χ1v) is 7.18. The summed E-state index contributed by atoms with van der Waals surface area (Å²) in [4.78, 5) is 1.70. The van der Waals surface area contributed by atoms with Crippen molar-refractivity contribution < 1.29 is 4.74 Å². The molecule has 0 spiro atoms. The van der Waals surface area contributed by atoms with E-state index in [1.807, 2.05) is 0 Å². The highest BCUT2D eigenvalue weighted by Gasteiger charge is 2.07.